The van der Waals surface area contributed by atoms with Crippen molar-refractivity contribution in [1.29, 1.82) is 0 Å². The van der Waals surface area contributed by atoms with E-state index < -0.39 is 10.0 Å². The van der Waals surface area contributed by atoms with Crippen LogP contribution in [0.3, 0.4) is 0 Å². The Morgan fingerprint density at radius 1 is 1.44 bits per heavy atom. The van der Waals surface area contributed by atoms with Gasteiger partial charge < -0.3 is 5.73 Å². The van der Waals surface area contributed by atoms with Crippen LogP contribution in [0, 0.1) is 5.41 Å². The first-order valence-corrected chi connectivity index (χ1v) is 8.17. The number of rotatable bonds is 4. The zero-order valence-corrected chi connectivity index (χ0v) is 13.3. The third-order valence-electron chi connectivity index (χ3n) is 2.72. The maximum absolute atomic E-state index is 12.1. The van der Waals surface area contributed by atoms with Crippen LogP contribution < -0.4 is 10.5 Å². The van der Waals surface area contributed by atoms with Crippen LogP contribution >= 0.6 is 23.6 Å². The fourth-order valence-corrected chi connectivity index (χ4v) is 3.88. The summed E-state index contributed by atoms with van der Waals surface area (Å²) in [5.74, 6) is 0. The average molecular weight is 306 g/mol. The van der Waals surface area contributed by atoms with E-state index in [1.54, 1.807) is 6.07 Å². The van der Waals surface area contributed by atoms with Crippen LogP contribution in [0.4, 0.5) is 0 Å². The molecule has 0 amide bonds. The highest BCUT2D eigenvalue weighted by Crippen LogP contribution is 2.24. The van der Waals surface area contributed by atoms with Crippen molar-refractivity contribution in [3.05, 3.63) is 17.0 Å². The van der Waals surface area contributed by atoms with Gasteiger partial charge in [-0.3, -0.25) is 0 Å². The minimum atomic E-state index is -3.50. The second-order valence-electron chi connectivity index (χ2n) is 5.19. The molecule has 1 aromatic heterocycles. The molecule has 0 aliphatic rings. The Kier molecular flexibility index (Phi) is 4.53. The normalized spacial score (nSPS) is 14.4. The van der Waals surface area contributed by atoms with Gasteiger partial charge in [0.05, 0.1) is 4.88 Å². The lowest BCUT2D eigenvalue weighted by Crippen LogP contribution is -2.41. The average Bonchev–Trinajstić information content (AvgIpc) is 2.64. The largest absolute Gasteiger partial charge is 0.389 e. The van der Waals surface area contributed by atoms with Crippen molar-refractivity contribution < 1.29 is 8.42 Å². The topological polar surface area (TPSA) is 72.2 Å². The van der Waals surface area contributed by atoms with Crippen molar-refractivity contribution in [3.8, 4) is 0 Å². The number of nitrogens with two attached hydrogens (primary N) is 1. The van der Waals surface area contributed by atoms with Crippen molar-refractivity contribution in [2.45, 2.75) is 37.9 Å². The van der Waals surface area contributed by atoms with Gasteiger partial charge >= 0.3 is 0 Å². The third-order valence-corrected chi connectivity index (χ3v) is 6.22. The molecule has 1 unspecified atom stereocenters. The smallest absolute Gasteiger partial charge is 0.250 e. The molecule has 1 aromatic rings. The molecular weight excluding hydrogens is 288 g/mol. The lowest BCUT2D eigenvalue weighted by molar-refractivity contribution is 0.318. The van der Waals surface area contributed by atoms with E-state index >= 15 is 0 Å². The lowest BCUT2D eigenvalue weighted by atomic mass is 9.89. The van der Waals surface area contributed by atoms with Crippen LogP contribution in [-0.4, -0.2) is 19.4 Å². The van der Waals surface area contributed by atoms with E-state index in [2.05, 4.69) is 4.72 Å². The molecule has 1 rings (SSSR count). The summed E-state index contributed by atoms with van der Waals surface area (Å²) in [6.07, 6.45) is 0. The van der Waals surface area contributed by atoms with Gasteiger partial charge in [-0.25, -0.2) is 13.1 Å². The Labute approximate surface area is 118 Å². The third kappa shape index (κ3) is 3.74. The van der Waals surface area contributed by atoms with Crippen LogP contribution in [0.1, 0.15) is 32.6 Å². The Morgan fingerprint density at radius 2 is 2.00 bits per heavy atom. The quantitative estimate of drug-likeness (QED) is 0.836. The van der Waals surface area contributed by atoms with E-state index in [1.807, 2.05) is 27.7 Å². The van der Waals surface area contributed by atoms with Gasteiger partial charge in [0.1, 0.15) is 9.20 Å². The van der Waals surface area contributed by atoms with Crippen molar-refractivity contribution >= 4 is 38.6 Å². The van der Waals surface area contributed by atoms with E-state index in [0.29, 0.717) is 4.88 Å². The Balaban J connectivity index is 2.96. The minimum absolute atomic E-state index is 0.143. The lowest BCUT2D eigenvalue weighted by Gasteiger charge is -2.27. The van der Waals surface area contributed by atoms with Gasteiger partial charge in [-0.1, -0.05) is 33.0 Å². The first-order chi connectivity index (χ1) is 8.04. The number of nitrogens with one attached hydrogen (secondary N) is 1. The molecule has 0 aliphatic heterocycles. The predicted octanol–water partition coefficient (Wildman–Crippen LogP) is 2.10. The molecular formula is C11H18N2O2S3. The SMILES string of the molecule is CC(NS(=O)(=O)c1ccc(C(N)=S)s1)C(C)(C)C. The zero-order chi connectivity index (χ0) is 14.1. The summed E-state index contributed by atoms with van der Waals surface area (Å²) < 4.78 is 27.2. The fourth-order valence-electron chi connectivity index (χ4n) is 1.06. The molecule has 7 heteroatoms. The van der Waals surface area contributed by atoms with Crippen LogP contribution in [-0.2, 0) is 10.0 Å². The first kappa shape index (κ1) is 15.6. The van der Waals surface area contributed by atoms with Gasteiger partial charge in [0, 0.05) is 6.04 Å². The Morgan fingerprint density at radius 3 is 2.39 bits per heavy atom. The standard InChI is InChI=1S/C11H18N2O2S3/c1-7(11(2,3)4)13-18(14,15)9-6-5-8(17-9)10(12)16/h5-7,13H,1-4H3,(H2,12,16). The van der Waals surface area contributed by atoms with Gasteiger partial charge in [-0.05, 0) is 24.5 Å². The zero-order valence-electron chi connectivity index (χ0n) is 10.9. The molecule has 4 nitrogen and oxygen atoms in total. The molecule has 18 heavy (non-hydrogen) atoms. The maximum atomic E-state index is 12.1. The van der Waals surface area contributed by atoms with Crippen molar-refractivity contribution in [3.63, 3.8) is 0 Å². The summed E-state index contributed by atoms with van der Waals surface area (Å²) in [6.45, 7) is 7.79. The minimum Gasteiger partial charge on any atom is -0.389 e. The van der Waals surface area contributed by atoms with Crippen molar-refractivity contribution in [2.24, 2.45) is 11.1 Å². The Hall–Kier alpha value is -0.500. The van der Waals surface area contributed by atoms with Crippen LogP contribution in [0.15, 0.2) is 16.3 Å². The van der Waals surface area contributed by atoms with Gasteiger partial charge in [0.15, 0.2) is 0 Å². The molecule has 0 bridgehead atoms. The van der Waals surface area contributed by atoms with Gasteiger partial charge in [0.25, 0.3) is 0 Å². The number of hydrogen-bond donors (Lipinski definition) is 2. The molecule has 0 radical (unpaired) electrons. The van der Waals surface area contributed by atoms with Gasteiger partial charge in [0.2, 0.25) is 10.0 Å². The highest BCUT2D eigenvalue weighted by molar-refractivity contribution is 7.91. The molecule has 102 valence electrons. The van der Waals surface area contributed by atoms with Crippen molar-refractivity contribution in [1.82, 2.24) is 4.72 Å². The Bertz CT molecular complexity index is 541. The molecule has 1 atom stereocenters. The molecule has 0 aromatic carbocycles. The van der Waals surface area contributed by atoms with Gasteiger partial charge in [-0.15, -0.1) is 11.3 Å². The summed E-state index contributed by atoms with van der Waals surface area (Å²) in [6, 6.07) is 2.98. The number of hydrogen-bond acceptors (Lipinski definition) is 4. The number of sulfonamides is 1. The molecule has 0 spiro atoms. The molecule has 0 fully saturated rings. The molecule has 0 saturated carbocycles. The van der Waals surface area contributed by atoms with E-state index in [-0.39, 0.29) is 20.7 Å². The summed E-state index contributed by atoms with van der Waals surface area (Å²) in [5.41, 5.74) is 5.32. The first-order valence-electron chi connectivity index (χ1n) is 5.46. The molecule has 1 heterocycles. The van der Waals surface area contributed by atoms with Gasteiger partial charge in [-0.2, -0.15) is 0 Å². The molecule has 3 N–H and O–H groups in total. The number of thiocarbonyl (C=S) groups is 1. The highest BCUT2D eigenvalue weighted by Gasteiger charge is 2.26. The second-order valence-corrected chi connectivity index (χ2v) is 8.66. The highest BCUT2D eigenvalue weighted by atomic mass is 32.2. The summed E-state index contributed by atoms with van der Waals surface area (Å²) >= 11 is 5.90. The van der Waals surface area contributed by atoms with Crippen LogP contribution in [0.5, 0.6) is 0 Å². The van der Waals surface area contributed by atoms with E-state index in [0.717, 1.165) is 11.3 Å². The van der Waals surface area contributed by atoms with Crippen molar-refractivity contribution in [2.75, 3.05) is 0 Å². The molecule has 0 aliphatic carbocycles. The van der Waals surface area contributed by atoms with E-state index in [4.69, 9.17) is 18.0 Å². The van der Waals surface area contributed by atoms with Crippen LogP contribution in [0.25, 0.3) is 0 Å². The fraction of sp³-hybridized carbons (Fsp3) is 0.545. The van der Waals surface area contributed by atoms with E-state index in [1.165, 1.54) is 6.07 Å². The monoisotopic (exact) mass is 306 g/mol. The summed E-state index contributed by atoms with van der Waals surface area (Å²) in [7, 11) is -3.50. The summed E-state index contributed by atoms with van der Waals surface area (Å²) in [5, 5.41) is 0. The summed E-state index contributed by atoms with van der Waals surface area (Å²) in [4.78, 5) is 0.819. The molecule has 0 saturated heterocycles. The number of thiophene rings is 1. The predicted molar refractivity (Wildman–Crippen MR) is 79.4 cm³/mol. The van der Waals surface area contributed by atoms with Crippen LogP contribution in [0.2, 0.25) is 0 Å². The van der Waals surface area contributed by atoms with E-state index in [9.17, 15) is 8.42 Å². The second kappa shape index (κ2) is 5.24. The maximum Gasteiger partial charge on any atom is 0.250 e.